The predicted octanol–water partition coefficient (Wildman–Crippen LogP) is 1.66. The largest absolute Gasteiger partial charge is 0.381 e. The van der Waals surface area contributed by atoms with Crippen molar-refractivity contribution in [2.45, 2.75) is 13.3 Å². The number of ketones is 1. The highest BCUT2D eigenvalue weighted by Crippen LogP contribution is 2.11. The summed E-state index contributed by atoms with van der Waals surface area (Å²) >= 11 is 0. The molecule has 1 atom stereocenters. The van der Waals surface area contributed by atoms with Gasteiger partial charge in [-0.3, -0.25) is 9.59 Å². The zero-order valence-electron chi connectivity index (χ0n) is 10.4. The molecule has 1 aliphatic rings. The Morgan fingerprint density at radius 3 is 2.83 bits per heavy atom. The Morgan fingerprint density at radius 1 is 1.39 bits per heavy atom. The lowest BCUT2D eigenvalue weighted by Crippen LogP contribution is -2.29. The Kier molecular flexibility index (Phi) is 4.10. The van der Waals surface area contributed by atoms with E-state index in [-0.39, 0.29) is 11.7 Å². The molecule has 0 unspecified atom stereocenters. The highest BCUT2D eigenvalue weighted by Gasteiger charge is 2.16. The first kappa shape index (κ1) is 12.8. The lowest BCUT2D eigenvalue weighted by Gasteiger charge is -2.09. The summed E-state index contributed by atoms with van der Waals surface area (Å²) in [5.74, 6) is 0.240. The minimum atomic E-state index is -0.134. The first-order chi connectivity index (χ1) is 8.66. The fourth-order valence-electron chi connectivity index (χ4n) is 1.96. The first-order valence-corrected chi connectivity index (χ1v) is 6.14. The summed E-state index contributed by atoms with van der Waals surface area (Å²) in [5, 5.41) is 2.88. The van der Waals surface area contributed by atoms with Crippen molar-refractivity contribution in [1.82, 2.24) is 5.32 Å². The monoisotopic (exact) mass is 247 g/mol. The number of carbonyl (C=O) groups is 2. The van der Waals surface area contributed by atoms with Gasteiger partial charge in [-0.2, -0.15) is 0 Å². The van der Waals surface area contributed by atoms with Crippen LogP contribution in [0.15, 0.2) is 24.3 Å². The number of benzene rings is 1. The first-order valence-electron chi connectivity index (χ1n) is 6.14. The SMILES string of the molecule is CC(=O)c1cccc(C(=O)NC[C@H]2CCOC2)c1. The minimum absolute atomic E-state index is 0.0335. The van der Waals surface area contributed by atoms with Crippen LogP contribution in [-0.2, 0) is 4.74 Å². The predicted molar refractivity (Wildman–Crippen MR) is 67.7 cm³/mol. The molecule has 1 fully saturated rings. The van der Waals surface area contributed by atoms with E-state index >= 15 is 0 Å². The van der Waals surface area contributed by atoms with E-state index in [4.69, 9.17) is 4.74 Å². The second-order valence-corrected chi connectivity index (χ2v) is 4.58. The molecule has 1 amide bonds. The number of nitrogens with one attached hydrogen (secondary N) is 1. The lowest BCUT2D eigenvalue weighted by molar-refractivity contribution is 0.0945. The second-order valence-electron chi connectivity index (χ2n) is 4.58. The fourth-order valence-corrected chi connectivity index (χ4v) is 1.96. The molecule has 0 radical (unpaired) electrons. The summed E-state index contributed by atoms with van der Waals surface area (Å²) in [7, 11) is 0. The van der Waals surface area contributed by atoms with Crippen molar-refractivity contribution >= 4 is 11.7 Å². The van der Waals surface area contributed by atoms with Crippen molar-refractivity contribution in [3.05, 3.63) is 35.4 Å². The molecule has 0 aromatic heterocycles. The van der Waals surface area contributed by atoms with E-state index in [0.29, 0.717) is 30.2 Å². The van der Waals surface area contributed by atoms with Gasteiger partial charge in [-0.05, 0) is 25.5 Å². The quantitative estimate of drug-likeness (QED) is 0.823. The number of amides is 1. The van der Waals surface area contributed by atoms with Crippen LogP contribution in [0.3, 0.4) is 0 Å². The molecule has 2 rings (SSSR count). The molecule has 1 aliphatic heterocycles. The van der Waals surface area contributed by atoms with Crippen LogP contribution >= 0.6 is 0 Å². The molecular weight excluding hydrogens is 230 g/mol. The molecule has 1 N–H and O–H groups in total. The van der Waals surface area contributed by atoms with Gasteiger partial charge < -0.3 is 10.1 Å². The van der Waals surface area contributed by atoms with Crippen molar-refractivity contribution in [3.63, 3.8) is 0 Å². The molecule has 18 heavy (non-hydrogen) atoms. The van der Waals surface area contributed by atoms with Crippen molar-refractivity contribution in [2.75, 3.05) is 19.8 Å². The highest BCUT2D eigenvalue weighted by atomic mass is 16.5. The molecule has 1 heterocycles. The minimum Gasteiger partial charge on any atom is -0.381 e. The van der Waals surface area contributed by atoms with Gasteiger partial charge in [0.2, 0.25) is 0 Å². The summed E-state index contributed by atoms with van der Waals surface area (Å²) in [6.07, 6.45) is 0.994. The lowest BCUT2D eigenvalue weighted by atomic mass is 10.1. The number of carbonyl (C=O) groups excluding carboxylic acids is 2. The van der Waals surface area contributed by atoms with E-state index in [1.54, 1.807) is 24.3 Å². The maximum Gasteiger partial charge on any atom is 0.251 e. The average molecular weight is 247 g/mol. The number of hydrogen-bond acceptors (Lipinski definition) is 3. The van der Waals surface area contributed by atoms with E-state index < -0.39 is 0 Å². The Bertz CT molecular complexity index is 450. The summed E-state index contributed by atoms with van der Waals surface area (Å²) in [6.45, 7) is 3.62. The van der Waals surface area contributed by atoms with Gasteiger partial charge in [0.1, 0.15) is 0 Å². The van der Waals surface area contributed by atoms with Crippen molar-refractivity contribution in [1.29, 1.82) is 0 Å². The zero-order valence-corrected chi connectivity index (χ0v) is 10.4. The van der Waals surface area contributed by atoms with E-state index in [0.717, 1.165) is 13.0 Å². The normalized spacial score (nSPS) is 18.6. The van der Waals surface area contributed by atoms with Crippen molar-refractivity contribution < 1.29 is 14.3 Å². The highest BCUT2D eigenvalue weighted by molar-refractivity contribution is 5.99. The molecule has 0 saturated carbocycles. The summed E-state index contributed by atoms with van der Waals surface area (Å²) in [4.78, 5) is 23.2. The summed E-state index contributed by atoms with van der Waals surface area (Å²) < 4.78 is 5.25. The molecule has 1 aromatic rings. The van der Waals surface area contributed by atoms with Gasteiger partial charge in [0, 0.05) is 30.2 Å². The van der Waals surface area contributed by atoms with Crippen LogP contribution in [0, 0.1) is 5.92 Å². The van der Waals surface area contributed by atoms with Gasteiger partial charge in [-0.1, -0.05) is 12.1 Å². The van der Waals surface area contributed by atoms with Gasteiger partial charge in [0.15, 0.2) is 5.78 Å². The maximum absolute atomic E-state index is 11.9. The third-order valence-corrected chi connectivity index (χ3v) is 3.11. The molecular formula is C14H17NO3. The van der Waals surface area contributed by atoms with Crippen molar-refractivity contribution in [3.8, 4) is 0 Å². The van der Waals surface area contributed by atoms with Crippen LogP contribution < -0.4 is 5.32 Å². The van der Waals surface area contributed by atoms with Gasteiger partial charge >= 0.3 is 0 Å². The smallest absolute Gasteiger partial charge is 0.251 e. The number of ether oxygens (including phenoxy) is 1. The fraction of sp³-hybridized carbons (Fsp3) is 0.429. The Hall–Kier alpha value is -1.68. The van der Waals surface area contributed by atoms with Gasteiger partial charge in [0.25, 0.3) is 5.91 Å². The van der Waals surface area contributed by atoms with E-state index in [9.17, 15) is 9.59 Å². The standard InChI is InChI=1S/C14H17NO3/c1-10(16)12-3-2-4-13(7-12)14(17)15-8-11-5-6-18-9-11/h2-4,7,11H,5-6,8-9H2,1H3,(H,15,17)/t11-/m1/s1. The number of Topliss-reactive ketones (excluding diaryl/α,β-unsaturated/α-hetero) is 1. The molecule has 1 saturated heterocycles. The van der Waals surface area contributed by atoms with E-state index in [1.165, 1.54) is 6.92 Å². The van der Waals surface area contributed by atoms with Gasteiger partial charge in [-0.15, -0.1) is 0 Å². The average Bonchev–Trinajstić information content (AvgIpc) is 2.89. The van der Waals surface area contributed by atoms with E-state index in [1.807, 2.05) is 0 Å². The van der Waals surface area contributed by atoms with Gasteiger partial charge in [0.05, 0.1) is 6.61 Å². The topological polar surface area (TPSA) is 55.4 Å². The van der Waals surface area contributed by atoms with Crippen LogP contribution in [0.5, 0.6) is 0 Å². The molecule has 4 nitrogen and oxygen atoms in total. The summed E-state index contributed by atoms with van der Waals surface area (Å²) in [6, 6.07) is 6.78. The Labute approximate surface area is 106 Å². The summed E-state index contributed by atoms with van der Waals surface area (Å²) in [5.41, 5.74) is 1.09. The molecule has 96 valence electrons. The van der Waals surface area contributed by atoms with Crippen molar-refractivity contribution in [2.24, 2.45) is 5.92 Å². The Balaban J connectivity index is 1.95. The van der Waals surface area contributed by atoms with E-state index in [2.05, 4.69) is 5.32 Å². The molecule has 0 aliphatic carbocycles. The Morgan fingerprint density at radius 2 is 2.17 bits per heavy atom. The van der Waals surface area contributed by atoms with Crippen LogP contribution in [0.2, 0.25) is 0 Å². The van der Waals surface area contributed by atoms with Crippen LogP contribution in [-0.4, -0.2) is 31.4 Å². The van der Waals surface area contributed by atoms with Crippen LogP contribution in [0.1, 0.15) is 34.1 Å². The van der Waals surface area contributed by atoms with Crippen LogP contribution in [0.4, 0.5) is 0 Å². The number of rotatable bonds is 4. The second kappa shape index (κ2) is 5.78. The van der Waals surface area contributed by atoms with Crippen LogP contribution in [0.25, 0.3) is 0 Å². The molecule has 0 bridgehead atoms. The molecule has 0 spiro atoms. The number of hydrogen-bond donors (Lipinski definition) is 1. The third kappa shape index (κ3) is 3.17. The zero-order chi connectivity index (χ0) is 13.0. The van der Waals surface area contributed by atoms with Gasteiger partial charge in [-0.25, -0.2) is 0 Å². The molecule has 1 aromatic carbocycles. The molecule has 4 heteroatoms. The third-order valence-electron chi connectivity index (χ3n) is 3.11. The maximum atomic E-state index is 11.9.